The minimum absolute atomic E-state index is 0.624. The molecule has 150 valence electrons. The van der Waals surface area contributed by atoms with E-state index in [4.69, 9.17) is 9.97 Å². The summed E-state index contributed by atoms with van der Waals surface area (Å²) in [7, 11) is 0. The second-order valence-electron chi connectivity index (χ2n) is 8.49. The molecule has 1 atom stereocenters. The highest BCUT2D eigenvalue weighted by Crippen LogP contribution is 2.32. The van der Waals surface area contributed by atoms with Crippen molar-refractivity contribution in [2.75, 3.05) is 37.6 Å². The Balaban J connectivity index is 1.51. The lowest BCUT2D eigenvalue weighted by molar-refractivity contribution is -0.00231. The molecule has 5 nitrogen and oxygen atoms in total. The minimum Gasteiger partial charge on any atom is -0.387 e. The van der Waals surface area contributed by atoms with Gasteiger partial charge in [0.25, 0.3) is 0 Å². The van der Waals surface area contributed by atoms with Crippen LogP contribution in [0.15, 0.2) is 54.6 Å². The maximum atomic E-state index is 11.4. The van der Waals surface area contributed by atoms with Gasteiger partial charge < -0.3 is 14.9 Å². The Morgan fingerprint density at radius 3 is 2.45 bits per heavy atom. The number of para-hydroxylation sites is 1. The van der Waals surface area contributed by atoms with Gasteiger partial charge in [-0.2, -0.15) is 0 Å². The molecule has 3 aromatic rings. The van der Waals surface area contributed by atoms with Gasteiger partial charge in [-0.1, -0.05) is 42.5 Å². The van der Waals surface area contributed by atoms with E-state index in [2.05, 4.69) is 15.9 Å². The molecule has 0 aliphatic carbocycles. The number of aromatic nitrogens is 2. The van der Waals surface area contributed by atoms with Crippen molar-refractivity contribution in [1.29, 1.82) is 0 Å². The van der Waals surface area contributed by atoms with Crippen LogP contribution in [0.2, 0.25) is 0 Å². The second kappa shape index (κ2) is 7.73. The van der Waals surface area contributed by atoms with Crippen molar-refractivity contribution in [1.82, 2.24) is 14.9 Å². The molecule has 5 rings (SSSR count). The van der Waals surface area contributed by atoms with Gasteiger partial charge >= 0.3 is 0 Å². The number of nitrogens with zero attached hydrogens (tertiary/aromatic N) is 4. The number of aliphatic hydroxyl groups is 1. The van der Waals surface area contributed by atoms with Crippen molar-refractivity contribution in [3.63, 3.8) is 0 Å². The maximum Gasteiger partial charge on any atom is 0.162 e. The van der Waals surface area contributed by atoms with Crippen LogP contribution >= 0.6 is 0 Å². The summed E-state index contributed by atoms with van der Waals surface area (Å²) in [6.45, 7) is 4.52. The van der Waals surface area contributed by atoms with Crippen LogP contribution in [0.5, 0.6) is 0 Å². The number of piperidine rings is 1. The maximum absolute atomic E-state index is 11.4. The third kappa shape index (κ3) is 3.85. The second-order valence-corrected chi connectivity index (χ2v) is 8.49. The van der Waals surface area contributed by atoms with E-state index in [-0.39, 0.29) is 0 Å². The van der Waals surface area contributed by atoms with Crippen molar-refractivity contribution in [3.8, 4) is 11.4 Å². The van der Waals surface area contributed by atoms with Gasteiger partial charge in [0.15, 0.2) is 5.82 Å². The lowest BCUT2D eigenvalue weighted by atomic mass is 9.92. The first-order valence-corrected chi connectivity index (χ1v) is 10.7. The fraction of sp³-hybridized carbons (Fsp3) is 0.417. The number of hydrogen-bond acceptors (Lipinski definition) is 5. The number of anilines is 1. The van der Waals surface area contributed by atoms with Crippen LogP contribution in [0.4, 0.5) is 5.82 Å². The monoisotopic (exact) mass is 388 g/mol. The van der Waals surface area contributed by atoms with E-state index >= 15 is 0 Å². The molecule has 0 amide bonds. The van der Waals surface area contributed by atoms with Gasteiger partial charge in [-0.3, -0.25) is 0 Å². The standard InChI is InChI=1S/C24H28N4O/c29-24(17-27-14-6-7-15-27)13-8-16-28(18-24)23-20-11-4-5-12-21(20)25-22(26-23)19-9-2-1-3-10-19/h1-5,9-12,29H,6-8,13-18H2/t24-/m0/s1. The van der Waals surface area contributed by atoms with Gasteiger partial charge in [0.05, 0.1) is 11.1 Å². The van der Waals surface area contributed by atoms with Crippen molar-refractivity contribution in [3.05, 3.63) is 54.6 Å². The first-order valence-electron chi connectivity index (χ1n) is 10.7. The van der Waals surface area contributed by atoms with Crippen molar-refractivity contribution >= 4 is 16.7 Å². The zero-order chi connectivity index (χ0) is 19.7. The van der Waals surface area contributed by atoms with Crippen LogP contribution in [0.1, 0.15) is 25.7 Å². The summed E-state index contributed by atoms with van der Waals surface area (Å²) in [5, 5.41) is 12.4. The molecule has 2 aliphatic rings. The highest BCUT2D eigenvalue weighted by Gasteiger charge is 2.36. The van der Waals surface area contributed by atoms with E-state index in [1.54, 1.807) is 0 Å². The first kappa shape index (κ1) is 18.5. The normalized spacial score (nSPS) is 23.0. The molecule has 3 heterocycles. The molecule has 0 saturated carbocycles. The third-order valence-electron chi connectivity index (χ3n) is 6.19. The van der Waals surface area contributed by atoms with E-state index in [1.165, 1.54) is 12.8 Å². The topological polar surface area (TPSA) is 52.5 Å². The summed E-state index contributed by atoms with van der Waals surface area (Å²) in [5.74, 6) is 1.68. The predicted octanol–water partition coefficient (Wildman–Crippen LogP) is 3.72. The predicted molar refractivity (Wildman–Crippen MR) is 117 cm³/mol. The van der Waals surface area contributed by atoms with Crippen LogP contribution in [0, 0.1) is 0 Å². The molecule has 2 saturated heterocycles. The number of fused-ring (bicyclic) bond motifs is 1. The van der Waals surface area contributed by atoms with E-state index in [9.17, 15) is 5.11 Å². The summed E-state index contributed by atoms with van der Waals surface area (Å²) < 4.78 is 0. The molecule has 0 bridgehead atoms. The molecule has 1 aromatic heterocycles. The van der Waals surface area contributed by atoms with Gasteiger partial charge in [0.2, 0.25) is 0 Å². The summed E-state index contributed by atoms with van der Waals surface area (Å²) in [6.07, 6.45) is 4.32. The van der Waals surface area contributed by atoms with Gasteiger partial charge in [-0.05, 0) is 50.9 Å². The highest BCUT2D eigenvalue weighted by molar-refractivity contribution is 5.91. The Morgan fingerprint density at radius 2 is 1.62 bits per heavy atom. The van der Waals surface area contributed by atoms with Gasteiger partial charge in [-0.25, -0.2) is 9.97 Å². The number of rotatable bonds is 4. The summed E-state index contributed by atoms with van der Waals surface area (Å²) in [6, 6.07) is 18.3. The lowest BCUT2D eigenvalue weighted by Gasteiger charge is -2.42. The van der Waals surface area contributed by atoms with Crippen molar-refractivity contribution in [2.45, 2.75) is 31.3 Å². The number of benzene rings is 2. The molecule has 2 fully saturated rings. The molecule has 5 heteroatoms. The summed E-state index contributed by atoms with van der Waals surface area (Å²) in [5.41, 5.74) is 1.29. The fourth-order valence-electron chi connectivity index (χ4n) is 4.80. The number of β-amino-alcohol motifs (C(OH)–C–C–N with tert-alkyl or cyclic N) is 1. The molecular weight excluding hydrogens is 360 g/mol. The number of likely N-dealkylation sites (tertiary alicyclic amines) is 1. The Morgan fingerprint density at radius 1 is 0.862 bits per heavy atom. The third-order valence-corrected chi connectivity index (χ3v) is 6.19. The fourth-order valence-corrected chi connectivity index (χ4v) is 4.80. The van der Waals surface area contributed by atoms with E-state index in [0.717, 1.165) is 67.1 Å². The van der Waals surface area contributed by atoms with Crippen LogP contribution in [0.25, 0.3) is 22.3 Å². The molecular formula is C24H28N4O. The largest absolute Gasteiger partial charge is 0.387 e. The molecule has 2 aromatic carbocycles. The molecule has 1 N–H and O–H groups in total. The SMILES string of the molecule is O[C@]1(CN2CCCC2)CCCN(c2nc(-c3ccccc3)nc3ccccc23)C1. The molecule has 2 aliphatic heterocycles. The molecule has 29 heavy (non-hydrogen) atoms. The van der Waals surface area contributed by atoms with Crippen molar-refractivity contribution in [2.24, 2.45) is 0 Å². The zero-order valence-electron chi connectivity index (χ0n) is 16.8. The Bertz CT molecular complexity index is 987. The molecule has 0 unspecified atom stereocenters. The Labute approximate surface area is 172 Å². The van der Waals surface area contributed by atoms with Crippen LogP contribution in [-0.2, 0) is 0 Å². The molecule has 0 radical (unpaired) electrons. The van der Waals surface area contributed by atoms with Gasteiger partial charge in [0, 0.05) is 30.6 Å². The lowest BCUT2D eigenvalue weighted by Crippen LogP contribution is -2.54. The van der Waals surface area contributed by atoms with Gasteiger partial charge in [-0.15, -0.1) is 0 Å². The van der Waals surface area contributed by atoms with Crippen LogP contribution < -0.4 is 4.90 Å². The Kier molecular flexibility index (Phi) is 4.94. The van der Waals surface area contributed by atoms with E-state index in [0.29, 0.717) is 6.54 Å². The van der Waals surface area contributed by atoms with Crippen LogP contribution in [-0.4, -0.2) is 58.3 Å². The summed E-state index contributed by atoms with van der Waals surface area (Å²) in [4.78, 5) is 14.5. The smallest absolute Gasteiger partial charge is 0.162 e. The highest BCUT2D eigenvalue weighted by atomic mass is 16.3. The minimum atomic E-state index is -0.679. The average Bonchev–Trinajstić information content (AvgIpc) is 3.26. The van der Waals surface area contributed by atoms with Crippen molar-refractivity contribution < 1.29 is 5.11 Å². The Hall–Kier alpha value is -2.50. The summed E-state index contributed by atoms with van der Waals surface area (Å²) >= 11 is 0. The van der Waals surface area contributed by atoms with Crippen LogP contribution in [0.3, 0.4) is 0 Å². The first-order chi connectivity index (χ1) is 14.2. The molecule has 0 spiro atoms. The van der Waals surface area contributed by atoms with Gasteiger partial charge in [0.1, 0.15) is 5.82 Å². The quantitative estimate of drug-likeness (QED) is 0.738. The van der Waals surface area contributed by atoms with E-state index in [1.807, 2.05) is 48.5 Å². The van der Waals surface area contributed by atoms with E-state index < -0.39 is 5.60 Å². The zero-order valence-corrected chi connectivity index (χ0v) is 16.8. The number of hydrogen-bond donors (Lipinski definition) is 1. The average molecular weight is 389 g/mol.